The molecule has 146 valence electrons. The highest BCUT2D eigenvalue weighted by Crippen LogP contribution is 2.23. The smallest absolute Gasteiger partial charge is 0.417 e. The van der Waals surface area contributed by atoms with Gasteiger partial charge in [0.2, 0.25) is 0 Å². The largest absolute Gasteiger partial charge is 0.443 e. The summed E-state index contributed by atoms with van der Waals surface area (Å²) in [5, 5.41) is 9.15. The van der Waals surface area contributed by atoms with Crippen molar-refractivity contribution < 1.29 is 18.7 Å². The van der Waals surface area contributed by atoms with Crippen molar-refractivity contribution in [2.75, 3.05) is 13.1 Å². The van der Waals surface area contributed by atoms with E-state index in [2.05, 4.69) is 11.6 Å². The number of hydrogen-bond acceptors (Lipinski definition) is 5. The summed E-state index contributed by atoms with van der Waals surface area (Å²) in [6.45, 7) is 8.49. The summed E-state index contributed by atoms with van der Waals surface area (Å²) in [4.78, 5) is 30.1. The monoisotopic (exact) mass is 403 g/mol. The molecule has 2 amide bonds. The summed E-state index contributed by atoms with van der Waals surface area (Å²) in [6, 6.07) is 5.95. The van der Waals surface area contributed by atoms with Crippen LogP contribution >= 0.6 is 11.6 Å². The molecule has 0 N–H and O–H groups in total. The van der Waals surface area contributed by atoms with Crippen LogP contribution in [0.1, 0.15) is 31.9 Å². The molecule has 0 aromatic heterocycles. The third-order valence-corrected chi connectivity index (χ3v) is 4.00. The summed E-state index contributed by atoms with van der Waals surface area (Å²) in [5.41, 5.74) is -0.856. The van der Waals surface area contributed by atoms with Crippen LogP contribution in [0.25, 0.3) is 0 Å². The zero-order valence-corrected chi connectivity index (χ0v) is 16.5. The molecule has 1 heterocycles. The lowest BCUT2D eigenvalue weighted by Crippen LogP contribution is -2.42. The van der Waals surface area contributed by atoms with Crippen molar-refractivity contribution in [2.24, 2.45) is 4.99 Å². The van der Waals surface area contributed by atoms with Crippen molar-refractivity contribution in [1.29, 1.82) is 5.26 Å². The molecule has 1 aliphatic rings. The number of benzene rings is 1. The Morgan fingerprint density at radius 2 is 2.11 bits per heavy atom. The summed E-state index contributed by atoms with van der Waals surface area (Å²) in [7, 11) is 0. The average molecular weight is 404 g/mol. The number of nitriles is 1. The number of nitrogens with zero attached hydrogens (tertiary/aromatic N) is 3. The molecule has 6 nitrogen and oxygen atoms in total. The van der Waals surface area contributed by atoms with Gasteiger partial charge >= 0.3 is 6.09 Å². The van der Waals surface area contributed by atoms with Gasteiger partial charge in [-0.25, -0.2) is 14.1 Å². The van der Waals surface area contributed by atoms with E-state index in [1.54, 1.807) is 20.8 Å². The van der Waals surface area contributed by atoms with Gasteiger partial charge in [-0.05, 0) is 39.0 Å². The van der Waals surface area contributed by atoms with Crippen LogP contribution < -0.4 is 0 Å². The molecule has 0 radical (unpaired) electrons. The standard InChI is InChI=1S/C20H19ClFN3O3/c1-12-14(21)10-16(17-13(11-23)6-5-7-15(17)22)24-8-9-25(18(12)26)19(27)28-20(2,3)4/h5-7,10H,1,8-9H2,2-4H3/b14-10+,24-16+. The Morgan fingerprint density at radius 3 is 2.71 bits per heavy atom. The first-order valence-electron chi connectivity index (χ1n) is 8.40. The molecule has 28 heavy (non-hydrogen) atoms. The van der Waals surface area contributed by atoms with Crippen molar-refractivity contribution in [3.63, 3.8) is 0 Å². The minimum absolute atomic E-state index is 0.0332. The number of ether oxygens (including phenoxy) is 1. The summed E-state index contributed by atoms with van der Waals surface area (Å²) >= 11 is 6.18. The lowest BCUT2D eigenvalue weighted by molar-refractivity contribution is -0.125. The van der Waals surface area contributed by atoms with Crippen molar-refractivity contribution >= 4 is 29.3 Å². The normalized spacial score (nSPS) is 19.4. The number of amides is 2. The van der Waals surface area contributed by atoms with Crippen LogP contribution in [-0.2, 0) is 9.53 Å². The second-order valence-corrected chi connectivity index (χ2v) is 7.36. The highest BCUT2D eigenvalue weighted by molar-refractivity contribution is 6.37. The predicted molar refractivity (Wildman–Crippen MR) is 104 cm³/mol. The lowest BCUT2D eigenvalue weighted by atomic mass is 10.0. The molecular weight excluding hydrogens is 385 g/mol. The fourth-order valence-corrected chi connectivity index (χ4v) is 2.59. The number of allylic oxidation sites excluding steroid dienone is 1. The minimum atomic E-state index is -0.856. The number of hydrogen-bond donors (Lipinski definition) is 0. The van der Waals surface area contributed by atoms with Gasteiger partial charge in [0.05, 0.1) is 46.6 Å². The van der Waals surface area contributed by atoms with Gasteiger partial charge < -0.3 is 4.74 Å². The van der Waals surface area contributed by atoms with E-state index < -0.39 is 23.4 Å². The topological polar surface area (TPSA) is 82.8 Å². The van der Waals surface area contributed by atoms with Crippen LogP contribution in [0.4, 0.5) is 9.18 Å². The number of aliphatic imine (C=N–C) groups is 1. The Hall–Kier alpha value is -2.98. The van der Waals surface area contributed by atoms with E-state index in [1.165, 1.54) is 24.3 Å². The molecule has 1 aromatic rings. The molecule has 1 aliphatic heterocycles. The van der Waals surface area contributed by atoms with Gasteiger partial charge in [0.15, 0.2) is 0 Å². The predicted octanol–water partition coefficient (Wildman–Crippen LogP) is 3.94. The Labute approximate surface area is 167 Å². The van der Waals surface area contributed by atoms with E-state index in [0.717, 1.165) is 4.90 Å². The van der Waals surface area contributed by atoms with Gasteiger partial charge in [0.25, 0.3) is 5.91 Å². The second-order valence-electron chi connectivity index (χ2n) is 6.95. The van der Waals surface area contributed by atoms with Crippen LogP contribution in [0, 0.1) is 17.1 Å². The number of halogens is 2. The van der Waals surface area contributed by atoms with Crippen LogP contribution in [-0.4, -0.2) is 41.3 Å². The zero-order valence-electron chi connectivity index (χ0n) is 15.8. The average Bonchev–Trinajstić information content (AvgIpc) is 2.65. The van der Waals surface area contributed by atoms with Gasteiger partial charge in [-0.1, -0.05) is 24.2 Å². The van der Waals surface area contributed by atoms with E-state index in [-0.39, 0.29) is 40.5 Å². The first kappa shape index (κ1) is 21.3. The molecule has 1 aromatic carbocycles. The van der Waals surface area contributed by atoms with Gasteiger partial charge in [0.1, 0.15) is 11.4 Å². The fourth-order valence-electron chi connectivity index (χ4n) is 2.41. The minimum Gasteiger partial charge on any atom is -0.443 e. The van der Waals surface area contributed by atoms with Crippen molar-refractivity contribution in [3.8, 4) is 6.07 Å². The van der Waals surface area contributed by atoms with Gasteiger partial charge in [0, 0.05) is 0 Å². The highest BCUT2D eigenvalue weighted by atomic mass is 35.5. The second kappa shape index (κ2) is 8.36. The van der Waals surface area contributed by atoms with E-state index >= 15 is 0 Å². The molecule has 0 atom stereocenters. The zero-order chi connectivity index (χ0) is 21.1. The quantitative estimate of drug-likeness (QED) is 0.665. The van der Waals surface area contributed by atoms with E-state index in [9.17, 15) is 19.2 Å². The maximum absolute atomic E-state index is 14.4. The Bertz CT molecular complexity index is 939. The first-order chi connectivity index (χ1) is 13.0. The molecule has 0 unspecified atom stereocenters. The number of carbonyl (C=O) groups excluding carboxylic acids is 2. The van der Waals surface area contributed by atoms with Crippen molar-refractivity contribution in [2.45, 2.75) is 26.4 Å². The van der Waals surface area contributed by atoms with Crippen LogP contribution in [0.3, 0.4) is 0 Å². The molecule has 0 fully saturated rings. The third-order valence-electron chi connectivity index (χ3n) is 3.66. The molecule has 0 aliphatic carbocycles. The molecule has 0 bridgehead atoms. The molecule has 8 heteroatoms. The van der Waals surface area contributed by atoms with E-state index in [0.29, 0.717) is 0 Å². The first-order valence-corrected chi connectivity index (χ1v) is 8.77. The number of imide groups is 1. The van der Waals surface area contributed by atoms with Gasteiger partial charge in [-0.3, -0.25) is 9.79 Å². The van der Waals surface area contributed by atoms with Gasteiger partial charge in [-0.2, -0.15) is 5.26 Å². The Morgan fingerprint density at radius 1 is 1.43 bits per heavy atom. The summed E-state index contributed by atoms with van der Waals surface area (Å²) < 4.78 is 19.6. The highest BCUT2D eigenvalue weighted by Gasteiger charge is 2.30. The van der Waals surface area contributed by atoms with Crippen LogP contribution in [0.15, 0.2) is 46.5 Å². The van der Waals surface area contributed by atoms with E-state index in [1.807, 2.05) is 6.07 Å². The SMILES string of the molecule is C=C1C(=O)N(C(=O)OC(C)(C)C)CC/N=C(c2c(F)cccc2C#N)\C=C/1Cl. The van der Waals surface area contributed by atoms with Crippen molar-refractivity contribution in [1.82, 2.24) is 4.90 Å². The molecule has 2 rings (SSSR count). The lowest BCUT2D eigenvalue weighted by Gasteiger charge is -2.26. The number of rotatable bonds is 1. The molecule has 0 saturated carbocycles. The van der Waals surface area contributed by atoms with Gasteiger partial charge in [-0.15, -0.1) is 0 Å². The van der Waals surface area contributed by atoms with Crippen LogP contribution in [0.5, 0.6) is 0 Å². The Kier molecular flexibility index (Phi) is 6.37. The molecular formula is C20H19ClFN3O3. The Balaban J connectivity index is 2.48. The summed E-state index contributed by atoms with van der Waals surface area (Å²) in [5.74, 6) is -1.39. The fraction of sp³-hybridized carbons (Fsp3) is 0.300. The summed E-state index contributed by atoms with van der Waals surface area (Å²) in [6.07, 6.45) is 0.407. The number of carbonyl (C=O) groups is 2. The maximum Gasteiger partial charge on any atom is 0.417 e. The third kappa shape index (κ3) is 4.84. The maximum atomic E-state index is 14.4. The molecule has 0 spiro atoms. The van der Waals surface area contributed by atoms with Crippen LogP contribution in [0.2, 0.25) is 0 Å². The van der Waals surface area contributed by atoms with Crippen molar-refractivity contribution in [3.05, 3.63) is 58.4 Å². The molecule has 0 saturated heterocycles. The van der Waals surface area contributed by atoms with E-state index in [4.69, 9.17) is 16.3 Å².